The van der Waals surface area contributed by atoms with Crippen molar-refractivity contribution in [2.24, 2.45) is 0 Å². The fourth-order valence-corrected chi connectivity index (χ4v) is 2.05. The zero-order valence-electron chi connectivity index (χ0n) is 11.9. The molecule has 0 saturated carbocycles. The van der Waals surface area contributed by atoms with Gasteiger partial charge in [0.1, 0.15) is 0 Å². The van der Waals surface area contributed by atoms with Crippen molar-refractivity contribution in [3.05, 3.63) is 34.3 Å². The Bertz CT molecular complexity index is 342. The van der Waals surface area contributed by atoms with Gasteiger partial charge >= 0.3 is 0 Å². The normalized spacial score (nSPS) is 12.6. The monoisotopic (exact) mass is 346 g/mol. The minimum absolute atomic E-state index is 0.123. The summed E-state index contributed by atoms with van der Waals surface area (Å²) in [6.07, 6.45) is 0.802. The Kier molecular flexibility index (Phi) is 9.87. The Hall–Kier alpha value is -0.460. The van der Waals surface area contributed by atoms with Crippen LogP contribution in [0.2, 0.25) is 0 Å². The first-order valence-corrected chi connectivity index (χ1v) is 7.58. The lowest BCUT2D eigenvalue weighted by Crippen LogP contribution is -2.12. The summed E-state index contributed by atoms with van der Waals surface area (Å²) in [7, 11) is 1.65. The van der Waals surface area contributed by atoms with E-state index in [-0.39, 0.29) is 12.5 Å². The first kappa shape index (κ1) is 17.6. The third-order valence-electron chi connectivity index (χ3n) is 2.98. The molecule has 1 rings (SSSR count). The van der Waals surface area contributed by atoms with Crippen LogP contribution in [0.15, 0.2) is 28.7 Å². The van der Waals surface area contributed by atoms with Crippen LogP contribution in [0.3, 0.4) is 0 Å². The maximum atomic E-state index is 9.44. The summed E-state index contributed by atoms with van der Waals surface area (Å²) in [5.74, 6) is 0.123. The van der Waals surface area contributed by atoms with Gasteiger partial charge in [0.15, 0.2) is 0 Å². The average molecular weight is 347 g/mol. The van der Waals surface area contributed by atoms with E-state index in [1.54, 1.807) is 7.11 Å². The van der Waals surface area contributed by atoms with Gasteiger partial charge in [-0.2, -0.15) is 0 Å². The zero-order chi connectivity index (χ0) is 14.6. The van der Waals surface area contributed by atoms with Gasteiger partial charge in [-0.1, -0.05) is 28.1 Å². The van der Waals surface area contributed by atoms with E-state index in [2.05, 4.69) is 15.9 Å². The van der Waals surface area contributed by atoms with Crippen molar-refractivity contribution in [3.8, 4) is 0 Å². The molecular weight excluding hydrogens is 324 g/mol. The van der Waals surface area contributed by atoms with E-state index in [0.717, 1.165) is 16.5 Å². The highest BCUT2D eigenvalue weighted by Crippen LogP contribution is 2.21. The maximum absolute atomic E-state index is 9.44. The van der Waals surface area contributed by atoms with Crippen LogP contribution in [0.5, 0.6) is 0 Å². The Labute approximate surface area is 129 Å². The van der Waals surface area contributed by atoms with Gasteiger partial charge in [-0.3, -0.25) is 0 Å². The second kappa shape index (κ2) is 11.2. The van der Waals surface area contributed by atoms with Crippen LogP contribution in [0, 0.1) is 0 Å². The highest BCUT2D eigenvalue weighted by atomic mass is 79.9. The van der Waals surface area contributed by atoms with Gasteiger partial charge in [-0.25, -0.2) is 0 Å². The molecule has 0 bridgehead atoms. The van der Waals surface area contributed by atoms with Gasteiger partial charge in [0, 0.05) is 24.1 Å². The number of methoxy groups -OCH3 is 1. The number of halogens is 1. The van der Waals surface area contributed by atoms with Crippen molar-refractivity contribution in [3.63, 3.8) is 0 Å². The van der Waals surface area contributed by atoms with E-state index in [0.29, 0.717) is 33.0 Å². The molecule has 0 radical (unpaired) electrons. The fraction of sp³-hybridized carbons (Fsp3) is 0.600. The number of aliphatic hydroxyl groups is 1. The van der Waals surface area contributed by atoms with Crippen molar-refractivity contribution >= 4 is 15.9 Å². The minimum atomic E-state index is 0.123. The molecule has 0 fully saturated rings. The average Bonchev–Trinajstić information content (AvgIpc) is 2.47. The molecule has 0 aliphatic rings. The molecule has 1 N–H and O–H groups in total. The Morgan fingerprint density at radius 1 is 1.00 bits per heavy atom. The van der Waals surface area contributed by atoms with Crippen LogP contribution >= 0.6 is 15.9 Å². The molecule has 0 aromatic heterocycles. The molecule has 114 valence electrons. The van der Waals surface area contributed by atoms with E-state index < -0.39 is 0 Å². The molecule has 20 heavy (non-hydrogen) atoms. The van der Waals surface area contributed by atoms with Crippen LogP contribution in [-0.2, 0) is 14.2 Å². The van der Waals surface area contributed by atoms with E-state index >= 15 is 0 Å². The lowest BCUT2D eigenvalue weighted by molar-refractivity contribution is 0.0223. The predicted octanol–water partition coefficient (Wildman–Crippen LogP) is 2.59. The first-order chi connectivity index (χ1) is 9.77. The topological polar surface area (TPSA) is 47.9 Å². The standard InChI is InChI=1S/C15H23BrO4/c1-18-8-9-20-11-10-19-7-6-14(12-17)13-2-4-15(16)5-3-13/h2-5,14,17H,6-12H2,1H3. The molecule has 0 saturated heterocycles. The quantitative estimate of drug-likeness (QED) is 0.625. The predicted molar refractivity (Wildman–Crippen MR) is 82.1 cm³/mol. The highest BCUT2D eigenvalue weighted by molar-refractivity contribution is 9.10. The summed E-state index contributed by atoms with van der Waals surface area (Å²) < 4.78 is 16.7. The van der Waals surface area contributed by atoms with Gasteiger partial charge in [0.05, 0.1) is 33.0 Å². The molecule has 1 unspecified atom stereocenters. The number of hydrogen-bond donors (Lipinski definition) is 1. The molecule has 0 aliphatic heterocycles. The SMILES string of the molecule is COCCOCCOCCC(CO)c1ccc(Br)cc1. The zero-order valence-corrected chi connectivity index (χ0v) is 13.5. The Morgan fingerprint density at radius 2 is 1.60 bits per heavy atom. The second-order valence-corrected chi connectivity index (χ2v) is 5.35. The molecule has 1 aromatic rings. The number of ether oxygens (including phenoxy) is 3. The third kappa shape index (κ3) is 7.36. The molecule has 0 aliphatic carbocycles. The van der Waals surface area contributed by atoms with Gasteiger partial charge in [-0.15, -0.1) is 0 Å². The van der Waals surface area contributed by atoms with E-state index in [4.69, 9.17) is 14.2 Å². The maximum Gasteiger partial charge on any atom is 0.0701 e. The van der Waals surface area contributed by atoms with Crippen molar-refractivity contribution in [1.82, 2.24) is 0 Å². The number of aliphatic hydroxyl groups excluding tert-OH is 1. The number of benzene rings is 1. The molecule has 4 nitrogen and oxygen atoms in total. The molecule has 1 aromatic carbocycles. The molecule has 0 spiro atoms. The first-order valence-electron chi connectivity index (χ1n) is 6.78. The van der Waals surface area contributed by atoms with Crippen molar-refractivity contribution in [2.75, 3.05) is 46.8 Å². The molecule has 0 heterocycles. The van der Waals surface area contributed by atoms with Gasteiger partial charge in [-0.05, 0) is 24.1 Å². The molecular formula is C15H23BrO4. The van der Waals surface area contributed by atoms with E-state index in [1.807, 2.05) is 24.3 Å². The lowest BCUT2D eigenvalue weighted by atomic mass is 9.97. The lowest BCUT2D eigenvalue weighted by Gasteiger charge is -2.15. The highest BCUT2D eigenvalue weighted by Gasteiger charge is 2.10. The smallest absolute Gasteiger partial charge is 0.0701 e. The van der Waals surface area contributed by atoms with Crippen LogP contribution in [0.1, 0.15) is 17.9 Å². The van der Waals surface area contributed by atoms with Crippen LogP contribution < -0.4 is 0 Å². The Morgan fingerprint density at radius 3 is 2.20 bits per heavy atom. The Balaban J connectivity index is 2.14. The van der Waals surface area contributed by atoms with Crippen molar-refractivity contribution in [1.29, 1.82) is 0 Å². The summed E-state index contributed by atoms with van der Waals surface area (Å²) in [4.78, 5) is 0. The van der Waals surface area contributed by atoms with Gasteiger partial charge in [0.2, 0.25) is 0 Å². The second-order valence-electron chi connectivity index (χ2n) is 4.44. The molecule has 0 amide bonds. The van der Waals surface area contributed by atoms with Crippen molar-refractivity contribution < 1.29 is 19.3 Å². The van der Waals surface area contributed by atoms with Crippen LogP contribution in [0.25, 0.3) is 0 Å². The summed E-state index contributed by atoms with van der Waals surface area (Å²) in [6.45, 7) is 3.10. The summed E-state index contributed by atoms with van der Waals surface area (Å²) >= 11 is 3.41. The largest absolute Gasteiger partial charge is 0.396 e. The van der Waals surface area contributed by atoms with E-state index in [9.17, 15) is 5.11 Å². The summed E-state index contributed by atoms with van der Waals surface area (Å²) in [5.41, 5.74) is 1.13. The third-order valence-corrected chi connectivity index (χ3v) is 3.50. The van der Waals surface area contributed by atoms with Crippen LogP contribution in [0.4, 0.5) is 0 Å². The van der Waals surface area contributed by atoms with Crippen LogP contribution in [-0.4, -0.2) is 51.9 Å². The van der Waals surface area contributed by atoms with Crippen molar-refractivity contribution in [2.45, 2.75) is 12.3 Å². The molecule has 5 heteroatoms. The molecule has 1 atom stereocenters. The summed E-state index contributed by atoms with van der Waals surface area (Å²) in [5, 5.41) is 9.44. The number of hydrogen-bond acceptors (Lipinski definition) is 4. The van der Waals surface area contributed by atoms with Gasteiger partial charge in [0.25, 0.3) is 0 Å². The fourth-order valence-electron chi connectivity index (χ4n) is 1.79. The summed E-state index contributed by atoms with van der Waals surface area (Å²) in [6, 6.07) is 8.03. The van der Waals surface area contributed by atoms with E-state index in [1.165, 1.54) is 0 Å². The number of rotatable bonds is 11. The van der Waals surface area contributed by atoms with Gasteiger partial charge < -0.3 is 19.3 Å². The minimum Gasteiger partial charge on any atom is -0.396 e.